The van der Waals surface area contributed by atoms with Gasteiger partial charge in [0.2, 0.25) is 5.44 Å². The molecule has 1 atom stereocenters. The quantitative estimate of drug-likeness (QED) is 0.731. The third kappa shape index (κ3) is 3.75. The van der Waals surface area contributed by atoms with Gasteiger partial charge >= 0.3 is 0 Å². The average molecular weight is 363 g/mol. The highest BCUT2D eigenvalue weighted by molar-refractivity contribution is 8.26. The Balaban J connectivity index is 1.95. The fourth-order valence-corrected chi connectivity index (χ4v) is 4.63. The predicted molar refractivity (Wildman–Crippen MR) is 104 cm³/mol. The predicted octanol–water partition coefficient (Wildman–Crippen LogP) is 3.36. The number of nitrogens with one attached hydrogen (secondary N) is 1. The van der Waals surface area contributed by atoms with Crippen molar-refractivity contribution in [2.24, 2.45) is 0 Å². The van der Waals surface area contributed by atoms with E-state index in [1.54, 1.807) is 4.31 Å². The van der Waals surface area contributed by atoms with Crippen LogP contribution in [0.4, 0.5) is 11.4 Å². The first-order valence-corrected chi connectivity index (χ1v) is 9.82. The Kier molecular flexibility index (Phi) is 5.51. The van der Waals surface area contributed by atoms with E-state index in [1.807, 2.05) is 73.6 Å². The van der Waals surface area contributed by atoms with Gasteiger partial charge in [-0.1, -0.05) is 41.1 Å². The molecule has 3 N–H and O–H groups in total. The number of rotatable bonds is 6. The molecule has 25 heavy (non-hydrogen) atoms. The van der Waals surface area contributed by atoms with E-state index in [-0.39, 0.29) is 0 Å². The second-order valence-corrected chi connectivity index (χ2v) is 8.09. The normalized spacial score (nSPS) is 20.0. The molecule has 2 aromatic rings. The minimum Gasteiger partial charge on any atom is -0.465 e. The fraction of sp³-hybridized carbons (Fsp3) is 0.333. The van der Waals surface area contributed by atoms with Crippen LogP contribution in [0.5, 0.6) is 5.75 Å². The van der Waals surface area contributed by atoms with Crippen molar-refractivity contribution < 1.29 is 13.8 Å². The zero-order valence-corrected chi connectivity index (χ0v) is 15.3. The molecule has 0 saturated heterocycles. The van der Waals surface area contributed by atoms with Crippen LogP contribution in [0.25, 0.3) is 0 Å². The summed E-state index contributed by atoms with van der Waals surface area (Å²) in [5.74, 6) is 0.657. The summed E-state index contributed by atoms with van der Waals surface area (Å²) >= 11 is 0. The monoisotopic (exact) mass is 363 g/mol. The van der Waals surface area contributed by atoms with Gasteiger partial charge in [-0.15, -0.1) is 0 Å². The van der Waals surface area contributed by atoms with Crippen LogP contribution in [0.2, 0.25) is 0 Å². The van der Waals surface area contributed by atoms with Crippen molar-refractivity contribution in [2.75, 3.05) is 38.0 Å². The van der Waals surface area contributed by atoms with Crippen LogP contribution in [0.15, 0.2) is 54.6 Å². The summed E-state index contributed by atoms with van der Waals surface area (Å²) in [4.78, 5) is 2.03. The molecule has 0 aromatic heterocycles. The maximum Gasteiger partial charge on any atom is 0.219 e. The maximum absolute atomic E-state index is 11.1. The molecule has 1 aliphatic rings. The molecule has 136 valence electrons. The van der Waals surface area contributed by atoms with E-state index in [1.165, 1.54) is 0 Å². The number of hydrogen-bond donors (Lipinski definition) is 3. The van der Waals surface area contributed by atoms with E-state index in [9.17, 15) is 9.11 Å². The van der Waals surface area contributed by atoms with Crippen LogP contribution in [0.1, 0.15) is 0 Å². The highest BCUT2D eigenvalue weighted by Crippen LogP contribution is 2.60. The maximum atomic E-state index is 11.1. The molecule has 0 spiro atoms. The molecule has 0 amide bonds. The van der Waals surface area contributed by atoms with Crippen molar-refractivity contribution in [3.8, 4) is 5.75 Å². The molecule has 0 fully saturated rings. The second-order valence-electron chi connectivity index (χ2n) is 6.07. The lowest BCUT2D eigenvalue weighted by Crippen LogP contribution is -2.45. The van der Waals surface area contributed by atoms with Gasteiger partial charge in [0, 0.05) is 13.1 Å². The SMILES string of the molecule is CNCCN(C)CC1Oc2ccccc2N(c2ccccc2)S1(O)O. The van der Waals surface area contributed by atoms with Crippen molar-refractivity contribution in [3.63, 3.8) is 0 Å². The van der Waals surface area contributed by atoms with E-state index in [0.29, 0.717) is 18.0 Å². The summed E-state index contributed by atoms with van der Waals surface area (Å²) in [5.41, 5.74) is 0.674. The molecule has 3 rings (SSSR count). The van der Waals surface area contributed by atoms with Crippen molar-refractivity contribution in [2.45, 2.75) is 5.44 Å². The third-order valence-electron chi connectivity index (χ3n) is 4.16. The van der Waals surface area contributed by atoms with Crippen LogP contribution in [-0.2, 0) is 0 Å². The summed E-state index contributed by atoms with van der Waals surface area (Å²) in [5, 5.41) is 3.10. The molecule has 0 bridgehead atoms. The molecule has 2 aromatic carbocycles. The van der Waals surface area contributed by atoms with Crippen molar-refractivity contribution >= 4 is 22.2 Å². The van der Waals surface area contributed by atoms with Gasteiger partial charge in [-0.3, -0.25) is 14.0 Å². The Morgan fingerprint density at radius 3 is 2.52 bits per heavy atom. The number of fused-ring (bicyclic) bond motifs is 1. The van der Waals surface area contributed by atoms with Crippen LogP contribution >= 0.6 is 10.8 Å². The van der Waals surface area contributed by atoms with E-state index in [4.69, 9.17) is 4.74 Å². The van der Waals surface area contributed by atoms with Crippen LogP contribution in [0, 0.1) is 0 Å². The Morgan fingerprint density at radius 1 is 1.12 bits per heavy atom. The standard InChI is InChI=1S/C18H25N3O3S/c1-19-12-13-20(2)14-18-24-17-11-7-6-10-16(17)21(25(18,22)23)15-8-4-3-5-9-15/h3-11,18-19,22-23H,12-14H2,1-2H3. The van der Waals surface area contributed by atoms with Gasteiger partial charge in [0.05, 0.1) is 12.2 Å². The summed E-state index contributed by atoms with van der Waals surface area (Å²) in [6.07, 6.45) is 0. The van der Waals surface area contributed by atoms with Crippen LogP contribution in [0.3, 0.4) is 0 Å². The number of para-hydroxylation sites is 3. The molecule has 1 aliphatic heterocycles. The summed E-state index contributed by atoms with van der Waals surface area (Å²) in [6.45, 7) is 2.03. The lowest BCUT2D eigenvalue weighted by molar-refractivity contribution is 0.189. The zero-order valence-electron chi connectivity index (χ0n) is 14.5. The van der Waals surface area contributed by atoms with Gasteiger partial charge in [-0.2, -0.15) is 0 Å². The number of hydrogen-bond acceptors (Lipinski definition) is 6. The van der Waals surface area contributed by atoms with E-state index in [0.717, 1.165) is 18.8 Å². The Labute approximate surface area is 150 Å². The number of anilines is 2. The van der Waals surface area contributed by atoms with Gasteiger partial charge in [0.25, 0.3) is 0 Å². The highest BCUT2D eigenvalue weighted by atomic mass is 32.3. The van der Waals surface area contributed by atoms with Crippen LogP contribution < -0.4 is 14.4 Å². The van der Waals surface area contributed by atoms with E-state index < -0.39 is 16.2 Å². The minimum atomic E-state index is -3.20. The molecule has 0 saturated carbocycles. The molecule has 1 unspecified atom stereocenters. The summed E-state index contributed by atoms with van der Waals surface area (Å²) in [6, 6.07) is 16.9. The molecule has 1 heterocycles. The summed E-state index contributed by atoms with van der Waals surface area (Å²) in [7, 11) is 0.641. The first-order valence-electron chi connectivity index (χ1n) is 8.25. The van der Waals surface area contributed by atoms with Crippen molar-refractivity contribution in [1.29, 1.82) is 0 Å². The molecular formula is C18H25N3O3S. The van der Waals surface area contributed by atoms with E-state index in [2.05, 4.69) is 5.32 Å². The van der Waals surface area contributed by atoms with Gasteiger partial charge < -0.3 is 10.1 Å². The minimum absolute atomic E-state index is 0.418. The Morgan fingerprint density at radius 2 is 1.80 bits per heavy atom. The highest BCUT2D eigenvalue weighted by Gasteiger charge is 2.41. The zero-order chi connectivity index (χ0) is 17.9. The first-order chi connectivity index (χ1) is 12.0. The first kappa shape index (κ1) is 18.0. The fourth-order valence-electron chi connectivity index (χ4n) is 2.84. The Hall–Kier alpha value is -1.77. The second kappa shape index (κ2) is 7.63. The molecule has 7 heteroatoms. The lowest BCUT2D eigenvalue weighted by Gasteiger charge is -2.52. The van der Waals surface area contributed by atoms with Crippen LogP contribution in [-0.4, -0.2) is 53.2 Å². The van der Waals surface area contributed by atoms with Gasteiger partial charge in [0.1, 0.15) is 11.4 Å². The molecule has 6 nitrogen and oxygen atoms in total. The van der Waals surface area contributed by atoms with Crippen molar-refractivity contribution in [3.05, 3.63) is 54.6 Å². The topological polar surface area (TPSA) is 68.2 Å². The Bertz CT molecular complexity index is 699. The number of nitrogens with zero attached hydrogens (tertiary/aromatic N) is 2. The van der Waals surface area contributed by atoms with Gasteiger partial charge in [-0.05, 0) is 38.4 Å². The van der Waals surface area contributed by atoms with Crippen molar-refractivity contribution in [1.82, 2.24) is 10.2 Å². The molecule has 0 aliphatic carbocycles. The average Bonchev–Trinajstić information content (AvgIpc) is 2.61. The smallest absolute Gasteiger partial charge is 0.219 e. The molecule has 0 radical (unpaired) electrons. The third-order valence-corrected chi connectivity index (χ3v) is 6.05. The number of likely N-dealkylation sites (N-methyl/N-ethyl adjacent to an activating group) is 2. The summed E-state index contributed by atoms with van der Waals surface area (Å²) < 4.78 is 29.7. The largest absolute Gasteiger partial charge is 0.465 e. The van der Waals surface area contributed by atoms with E-state index >= 15 is 0 Å². The van der Waals surface area contributed by atoms with Gasteiger partial charge in [-0.25, -0.2) is 4.31 Å². The number of ether oxygens (including phenoxy) is 1. The van der Waals surface area contributed by atoms with Gasteiger partial charge in [0.15, 0.2) is 0 Å². The lowest BCUT2D eigenvalue weighted by atomic mass is 10.2. The number of benzene rings is 2. The molecular weight excluding hydrogens is 338 g/mol.